The zero-order valence-corrected chi connectivity index (χ0v) is 13.0. The number of rotatable bonds is 3. The van der Waals surface area contributed by atoms with E-state index in [1.807, 2.05) is 11.3 Å². The lowest BCUT2D eigenvalue weighted by molar-refractivity contribution is 1.19. The van der Waals surface area contributed by atoms with Crippen LogP contribution in [0.2, 0.25) is 0 Å². The summed E-state index contributed by atoms with van der Waals surface area (Å²) in [4.78, 5) is 2.67. The van der Waals surface area contributed by atoms with Crippen molar-refractivity contribution in [1.29, 1.82) is 0 Å². The second-order valence-corrected chi connectivity index (χ2v) is 6.73. The smallest absolute Gasteiger partial charge is 0.0494 e. The Morgan fingerprint density at radius 3 is 2.58 bits per heavy atom. The van der Waals surface area contributed by atoms with Crippen molar-refractivity contribution in [2.45, 2.75) is 13.5 Å². The molecule has 1 aromatic heterocycles. The number of fused-ring (bicyclic) bond motifs is 1. The molecule has 0 aliphatic heterocycles. The lowest BCUT2D eigenvalue weighted by Crippen LogP contribution is -1.96. The third kappa shape index (κ3) is 2.82. The molecule has 0 bridgehead atoms. The van der Waals surface area contributed by atoms with Gasteiger partial charge in [0.05, 0.1) is 0 Å². The van der Waals surface area contributed by atoms with E-state index in [4.69, 9.17) is 0 Å². The first-order valence-corrected chi connectivity index (χ1v) is 7.81. The van der Waals surface area contributed by atoms with Crippen LogP contribution in [0.3, 0.4) is 0 Å². The Hall–Kier alpha value is -1.32. The molecule has 96 valence electrons. The highest BCUT2D eigenvalue weighted by atomic mass is 79.9. The molecule has 0 amide bonds. The third-order valence-electron chi connectivity index (χ3n) is 3.12. The molecular formula is C16H14BrNS. The van der Waals surface area contributed by atoms with Gasteiger partial charge in [-0.25, -0.2) is 0 Å². The summed E-state index contributed by atoms with van der Waals surface area (Å²) in [6, 6.07) is 17.1. The average molecular weight is 332 g/mol. The minimum absolute atomic E-state index is 0.870. The molecule has 1 heterocycles. The number of thiophene rings is 1. The summed E-state index contributed by atoms with van der Waals surface area (Å²) in [6.07, 6.45) is 0. The predicted molar refractivity (Wildman–Crippen MR) is 88.0 cm³/mol. The van der Waals surface area contributed by atoms with Crippen molar-refractivity contribution in [3.8, 4) is 0 Å². The van der Waals surface area contributed by atoms with E-state index in [0.717, 1.165) is 6.54 Å². The highest BCUT2D eigenvalue weighted by Gasteiger charge is 2.02. The average Bonchev–Trinajstić information content (AvgIpc) is 2.75. The molecule has 0 saturated heterocycles. The van der Waals surface area contributed by atoms with E-state index in [9.17, 15) is 0 Å². The summed E-state index contributed by atoms with van der Waals surface area (Å²) in [6.45, 7) is 3.00. The number of hydrogen-bond donors (Lipinski definition) is 1. The molecule has 3 rings (SSSR count). The Kier molecular flexibility index (Phi) is 3.58. The fourth-order valence-electron chi connectivity index (χ4n) is 2.09. The first-order chi connectivity index (χ1) is 9.22. The van der Waals surface area contributed by atoms with Crippen LogP contribution in [-0.2, 0) is 6.54 Å². The number of benzene rings is 2. The van der Waals surface area contributed by atoms with E-state index in [2.05, 4.69) is 76.7 Å². The molecule has 1 nitrogen and oxygen atoms in total. The van der Waals surface area contributed by atoms with Gasteiger partial charge in [-0.1, -0.05) is 30.3 Å². The second-order valence-electron chi connectivity index (χ2n) is 4.53. The van der Waals surface area contributed by atoms with Gasteiger partial charge in [0.15, 0.2) is 0 Å². The van der Waals surface area contributed by atoms with Gasteiger partial charge in [0.25, 0.3) is 0 Å². The van der Waals surface area contributed by atoms with Crippen LogP contribution in [0.4, 0.5) is 5.69 Å². The fraction of sp³-hybridized carbons (Fsp3) is 0.125. The maximum absolute atomic E-state index is 3.56. The highest BCUT2D eigenvalue weighted by Crippen LogP contribution is 2.27. The lowest BCUT2D eigenvalue weighted by Gasteiger charge is -2.06. The molecule has 0 fully saturated rings. The van der Waals surface area contributed by atoms with Gasteiger partial charge in [-0.2, -0.15) is 0 Å². The SMILES string of the molecule is Cc1sc(CNc2ccc3ccccc3c2)cc1Br. The van der Waals surface area contributed by atoms with Gasteiger partial charge in [-0.15, -0.1) is 11.3 Å². The monoisotopic (exact) mass is 331 g/mol. The number of hydrogen-bond acceptors (Lipinski definition) is 2. The van der Waals surface area contributed by atoms with Crippen LogP contribution in [-0.4, -0.2) is 0 Å². The zero-order chi connectivity index (χ0) is 13.2. The fourth-order valence-corrected chi connectivity index (χ4v) is 3.63. The van der Waals surface area contributed by atoms with Gasteiger partial charge in [0, 0.05) is 26.5 Å². The van der Waals surface area contributed by atoms with E-state index in [1.54, 1.807) is 0 Å². The lowest BCUT2D eigenvalue weighted by atomic mass is 10.1. The molecule has 0 unspecified atom stereocenters. The molecule has 19 heavy (non-hydrogen) atoms. The topological polar surface area (TPSA) is 12.0 Å². The first-order valence-electron chi connectivity index (χ1n) is 6.20. The van der Waals surface area contributed by atoms with E-state index in [1.165, 1.54) is 30.7 Å². The van der Waals surface area contributed by atoms with Crippen LogP contribution >= 0.6 is 27.3 Å². The van der Waals surface area contributed by atoms with E-state index >= 15 is 0 Å². The van der Waals surface area contributed by atoms with Crippen molar-refractivity contribution < 1.29 is 0 Å². The molecule has 0 radical (unpaired) electrons. The number of nitrogens with one attached hydrogen (secondary N) is 1. The maximum Gasteiger partial charge on any atom is 0.0494 e. The van der Waals surface area contributed by atoms with Gasteiger partial charge in [0.2, 0.25) is 0 Å². The van der Waals surface area contributed by atoms with Crippen LogP contribution < -0.4 is 5.32 Å². The Balaban J connectivity index is 1.78. The molecule has 0 atom stereocenters. The van der Waals surface area contributed by atoms with Gasteiger partial charge in [-0.3, -0.25) is 0 Å². The van der Waals surface area contributed by atoms with Gasteiger partial charge >= 0.3 is 0 Å². The number of anilines is 1. The van der Waals surface area contributed by atoms with Crippen LogP contribution in [0.25, 0.3) is 10.8 Å². The normalized spacial score (nSPS) is 10.8. The van der Waals surface area contributed by atoms with Gasteiger partial charge in [-0.05, 0) is 51.8 Å². The van der Waals surface area contributed by atoms with Crippen molar-refractivity contribution in [2.75, 3.05) is 5.32 Å². The summed E-state index contributed by atoms with van der Waals surface area (Å²) in [5.41, 5.74) is 1.17. The van der Waals surface area contributed by atoms with Gasteiger partial charge < -0.3 is 5.32 Å². The molecule has 0 aliphatic carbocycles. The van der Waals surface area contributed by atoms with Crippen molar-refractivity contribution >= 4 is 43.7 Å². The van der Waals surface area contributed by atoms with Crippen molar-refractivity contribution in [3.05, 3.63) is 62.8 Å². The molecule has 0 aliphatic rings. The predicted octanol–water partition coefficient (Wildman–Crippen LogP) is 5.58. The molecular weight excluding hydrogens is 318 g/mol. The minimum Gasteiger partial charge on any atom is -0.380 e. The van der Waals surface area contributed by atoms with Crippen LogP contribution in [0.15, 0.2) is 53.0 Å². The van der Waals surface area contributed by atoms with Crippen LogP contribution in [0.5, 0.6) is 0 Å². The molecule has 1 N–H and O–H groups in total. The number of halogens is 1. The zero-order valence-electron chi connectivity index (χ0n) is 10.6. The van der Waals surface area contributed by atoms with Crippen molar-refractivity contribution in [1.82, 2.24) is 0 Å². The summed E-state index contributed by atoms with van der Waals surface area (Å²) in [7, 11) is 0. The Bertz CT molecular complexity index is 698. The summed E-state index contributed by atoms with van der Waals surface area (Å²) < 4.78 is 1.20. The van der Waals surface area contributed by atoms with Crippen molar-refractivity contribution in [3.63, 3.8) is 0 Å². The standard InChI is InChI=1S/C16H14BrNS/c1-11-16(17)9-15(19-11)10-18-14-7-6-12-4-2-3-5-13(12)8-14/h2-9,18H,10H2,1H3. The quantitative estimate of drug-likeness (QED) is 0.660. The molecule has 0 saturated carbocycles. The van der Waals surface area contributed by atoms with E-state index < -0.39 is 0 Å². The Morgan fingerprint density at radius 1 is 1.05 bits per heavy atom. The first kappa shape index (κ1) is 12.7. The molecule has 0 spiro atoms. The summed E-state index contributed by atoms with van der Waals surface area (Å²) >= 11 is 5.39. The molecule has 3 aromatic rings. The largest absolute Gasteiger partial charge is 0.380 e. The van der Waals surface area contributed by atoms with Crippen molar-refractivity contribution in [2.24, 2.45) is 0 Å². The van der Waals surface area contributed by atoms with Crippen LogP contribution in [0.1, 0.15) is 9.75 Å². The molecule has 2 aromatic carbocycles. The number of aryl methyl sites for hydroxylation is 1. The maximum atomic E-state index is 3.56. The Labute approximate surface area is 125 Å². The van der Waals surface area contributed by atoms with E-state index in [0.29, 0.717) is 0 Å². The Morgan fingerprint density at radius 2 is 1.84 bits per heavy atom. The van der Waals surface area contributed by atoms with Gasteiger partial charge in [0.1, 0.15) is 0 Å². The molecule has 3 heteroatoms. The van der Waals surface area contributed by atoms with E-state index in [-0.39, 0.29) is 0 Å². The third-order valence-corrected chi connectivity index (χ3v) is 5.26. The minimum atomic E-state index is 0.870. The van der Waals surface area contributed by atoms with Crippen LogP contribution in [0, 0.1) is 6.92 Å². The highest BCUT2D eigenvalue weighted by molar-refractivity contribution is 9.10. The second kappa shape index (κ2) is 5.35. The summed E-state index contributed by atoms with van der Waals surface area (Å²) in [5.74, 6) is 0. The summed E-state index contributed by atoms with van der Waals surface area (Å²) in [5, 5.41) is 6.04.